The third kappa shape index (κ3) is 3.82. The van der Waals surface area contributed by atoms with Gasteiger partial charge in [-0.15, -0.1) is 11.8 Å². The normalized spacial score (nSPS) is 18.3. The van der Waals surface area contributed by atoms with Crippen LogP contribution >= 0.6 is 11.8 Å². The van der Waals surface area contributed by atoms with Crippen LogP contribution in [-0.4, -0.2) is 28.7 Å². The molecule has 2 rings (SSSR count). The first-order valence-electron chi connectivity index (χ1n) is 5.86. The predicted octanol–water partition coefficient (Wildman–Crippen LogP) is 1.08. The van der Waals surface area contributed by atoms with E-state index in [0.29, 0.717) is 0 Å². The molecule has 100 valence electrons. The van der Waals surface area contributed by atoms with E-state index in [4.69, 9.17) is 0 Å². The van der Waals surface area contributed by atoms with Crippen LogP contribution in [0.15, 0.2) is 24.3 Å². The fourth-order valence-corrected chi connectivity index (χ4v) is 2.58. The van der Waals surface area contributed by atoms with Crippen molar-refractivity contribution in [3.63, 3.8) is 0 Å². The molecular weight excluding hydrogens is 264 g/mol. The highest BCUT2D eigenvalue weighted by atomic mass is 32.2. The molecule has 0 radical (unpaired) electrons. The van der Waals surface area contributed by atoms with Gasteiger partial charge in [0.05, 0.1) is 11.0 Å². The predicted molar refractivity (Wildman–Crippen MR) is 73.8 cm³/mol. The minimum absolute atomic E-state index is 0.152. The molecule has 0 saturated carbocycles. The molecule has 0 bridgehead atoms. The lowest BCUT2D eigenvalue weighted by atomic mass is 10.2. The fourth-order valence-electron chi connectivity index (χ4n) is 1.67. The van der Waals surface area contributed by atoms with Gasteiger partial charge in [-0.2, -0.15) is 0 Å². The van der Waals surface area contributed by atoms with E-state index in [-0.39, 0.29) is 29.9 Å². The smallest absolute Gasteiger partial charge is 0.240 e. The second-order valence-electron chi connectivity index (χ2n) is 4.33. The number of nitrogens with one attached hydrogen (secondary N) is 2. The maximum absolute atomic E-state index is 11.7. The number of hydrogen-bond acceptors (Lipinski definition) is 4. The Bertz CT molecular complexity index is 513. The summed E-state index contributed by atoms with van der Waals surface area (Å²) in [6.45, 7) is 1.97. The number of carbonyl (C=O) groups excluding carboxylic acids is 3. The molecular formula is C13H14N2O3S. The Kier molecular flexibility index (Phi) is 4.21. The van der Waals surface area contributed by atoms with Crippen molar-refractivity contribution in [1.82, 2.24) is 5.32 Å². The molecule has 1 saturated heterocycles. The molecule has 0 aliphatic carbocycles. The van der Waals surface area contributed by atoms with E-state index in [1.807, 2.05) is 31.2 Å². The Hall–Kier alpha value is -1.82. The van der Waals surface area contributed by atoms with E-state index < -0.39 is 5.25 Å². The Morgan fingerprint density at radius 1 is 1.37 bits per heavy atom. The molecule has 5 nitrogen and oxygen atoms in total. The van der Waals surface area contributed by atoms with Crippen molar-refractivity contribution >= 4 is 35.2 Å². The fraction of sp³-hybridized carbons (Fsp3) is 0.308. The molecule has 1 aromatic carbocycles. The Labute approximate surface area is 115 Å². The highest BCUT2D eigenvalue weighted by molar-refractivity contribution is 8.01. The third-order valence-corrected chi connectivity index (χ3v) is 3.89. The highest BCUT2D eigenvalue weighted by Gasteiger charge is 2.31. The van der Waals surface area contributed by atoms with Gasteiger partial charge in [-0.25, -0.2) is 0 Å². The maximum Gasteiger partial charge on any atom is 0.240 e. The number of imide groups is 1. The second-order valence-corrected chi connectivity index (χ2v) is 5.52. The number of anilines is 1. The van der Waals surface area contributed by atoms with E-state index in [2.05, 4.69) is 10.6 Å². The van der Waals surface area contributed by atoms with Gasteiger partial charge >= 0.3 is 0 Å². The molecule has 0 unspecified atom stereocenters. The Morgan fingerprint density at radius 2 is 2.05 bits per heavy atom. The number of benzene rings is 1. The molecule has 2 N–H and O–H groups in total. The van der Waals surface area contributed by atoms with E-state index in [1.165, 1.54) is 11.8 Å². The molecule has 1 aliphatic heterocycles. The van der Waals surface area contributed by atoms with Gasteiger partial charge < -0.3 is 5.32 Å². The van der Waals surface area contributed by atoms with Crippen molar-refractivity contribution in [3.05, 3.63) is 29.8 Å². The SMILES string of the molecule is Cc1ccc(NC(=O)CS[C@H]2CC(=O)NC2=O)cc1. The molecule has 0 aromatic heterocycles. The monoisotopic (exact) mass is 278 g/mol. The van der Waals surface area contributed by atoms with Gasteiger partial charge in [0, 0.05) is 12.1 Å². The zero-order valence-electron chi connectivity index (χ0n) is 10.4. The van der Waals surface area contributed by atoms with Crippen LogP contribution in [0.1, 0.15) is 12.0 Å². The lowest BCUT2D eigenvalue weighted by Crippen LogP contribution is -2.24. The summed E-state index contributed by atoms with van der Waals surface area (Å²) in [7, 11) is 0. The van der Waals surface area contributed by atoms with Gasteiger partial charge in [-0.3, -0.25) is 19.7 Å². The van der Waals surface area contributed by atoms with Crippen LogP contribution < -0.4 is 10.6 Å². The molecule has 1 fully saturated rings. The van der Waals surface area contributed by atoms with Crippen LogP contribution in [0.3, 0.4) is 0 Å². The minimum atomic E-state index is -0.448. The summed E-state index contributed by atoms with van der Waals surface area (Å²) in [6.07, 6.45) is 0.154. The van der Waals surface area contributed by atoms with Gasteiger partial charge in [0.2, 0.25) is 17.7 Å². The van der Waals surface area contributed by atoms with Crippen molar-refractivity contribution in [2.24, 2.45) is 0 Å². The van der Waals surface area contributed by atoms with Crippen molar-refractivity contribution in [2.45, 2.75) is 18.6 Å². The highest BCUT2D eigenvalue weighted by Crippen LogP contribution is 2.19. The number of carbonyl (C=O) groups is 3. The summed E-state index contributed by atoms with van der Waals surface area (Å²) in [5, 5.41) is 4.51. The first-order valence-corrected chi connectivity index (χ1v) is 6.91. The van der Waals surface area contributed by atoms with Gasteiger partial charge in [0.25, 0.3) is 0 Å². The molecule has 1 aromatic rings. The number of rotatable bonds is 4. The summed E-state index contributed by atoms with van der Waals surface area (Å²) < 4.78 is 0. The second kappa shape index (κ2) is 5.88. The quantitative estimate of drug-likeness (QED) is 0.808. The average Bonchev–Trinajstić information content (AvgIpc) is 2.68. The summed E-state index contributed by atoms with van der Waals surface area (Å²) >= 11 is 1.18. The van der Waals surface area contributed by atoms with Crippen LogP contribution in [-0.2, 0) is 14.4 Å². The largest absolute Gasteiger partial charge is 0.325 e. The molecule has 1 aliphatic rings. The van der Waals surface area contributed by atoms with Gasteiger partial charge in [0.1, 0.15) is 0 Å². The lowest BCUT2D eigenvalue weighted by molar-refractivity contribution is -0.124. The summed E-state index contributed by atoms with van der Waals surface area (Å²) in [5.41, 5.74) is 1.84. The van der Waals surface area contributed by atoms with Crippen LogP contribution in [0.25, 0.3) is 0 Å². The maximum atomic E-state index is 11.7. The van der Waals surface area contributed by atoms with Crippen LogP contribution in [0.5, 0.6) is 0 Å². The van der Waals surface area contributed by atoms with E-state index in [1.54, 1.807) is 0 Å². The summed E-state index contributed by atoms with van der Waals surface area (Å²) in [5.74, 6) is -0.611. The molecule has 1 atom stereocenters. The number of amides is 3. The number of aryl methyl sites for hydroxylation is 1. The Morgan fingerprint density at radius 3 is 2.63 bits per heavy atom. The van der Waals surface area contributed by atoms with Crippen molar-refractivity contribution in [1.29, 1.82) is 0 Å². The van der Waals surface area contributed by atoms with Crippen LogP contribution in [0.4, 0.5) is 5.69 Å². The third-order valence-electron chi connectivity index (χ3n) is 2.68. The van der Waals surface area contributed by atoms with Crippen molar-refractivity contribution in [3.8, 4) is 0 Å². The van der Waals surface area contributed by atoms with E-state index in [0.717, 1.165) is 11.3 Å². The van der Waals surface area contributed by atoms with E-state index in [9.17, 15) is 14.4 Å². The molecule has 0 spiro atoms. The lowest BCUT2D eigenvalue weighted by Gasteiger charge is -2.07. The summed E-state index contributed by atoms with van der Waals surface area (Å²) in [4.78, 5) is 34.0. The molecule has 6 heteroatoms. The van der Waals surface area contributed by atoms with Crippen molar-refractivity contribution in [2.75, 3.05) is 11.1 Å². The van der Waals surface area contributed by atoms with Gasteiger partial charge in [-0.1, -0.05) is 17.7 Å². The van der Waals surface area contributed by atoms with Crippen LogP contribution in [0, 0.1) is 6.92 Å². The zero-order valence-corrected chi connectivity index (χ0v) is 11.3. The van der Waals surface area contributed by atoms with Gasteiger partial charge in [-0.05, 0) is 19.1 Å². The molecule has 1 heterocycles. The minimum Gasteiger partial charge on any atom is -0.325 e. The Balaban J connectivity index is 1.80. The first-order chi connectivity index (χ1) is 9.04. The molecule has 19 heavy (non-hydrogen) atoms. The molecule has 3 amide bonds. The standard InChI is InChI=1S/C13H14N2O3S/c1-8-2-4-9(5-3-8)14-12(17)7-19-10-6-11(16)15-13(10)18/h2-5,10H,6-7H2,1H3,(H,14,17)(H,15,16,18)/t10-/m0/s1. The van der Waals surface area contributed by atoms with Crippen molar-refractivity contribution < 1.29 is 14.4 Å². The first kappa shape index (κ1) is 13.6. The van der Waals surface area contributed by atoms with Crippen LogP contribution in [0.2, 0.25) is 0 Å². The summed E-state index contributed by atoms with van der Waals surface area (Å²) in [6, 6.07) is 7.46. The number of hydrogen-bond donors (Lipinski definition) is 2. The van der Waals surface area contributed by atoms with Gasteiger partial charge in [0.15, 0.2) is 0 Å². The van der Waals surface area contributed by atoms with E-state index >= 15 is 0 Å². The average molecular weight is 278 g/mol. The number of thioether (sulfide) groups is 1. The zero-order chi connectivity index (χ0) is 13.8. The topological polar surface area (TPSA) is 75.3 Å².